The van der Waals surface area contributed by atoms with Crippen LogP contribution in [0.2, 0.25) is 0 Å². The van der Waals surface area contributed by atoms with E-state index < -0.39 is 11.8 Å². The highest BCUT2D eigenvalue weighted by molar-refractivity contribution is 9.10. The van der Waals surface area contributed by atoms with Crippen LogP contribution in [-0.2, 0) is 19.1 Å². The molecule has 138 valence electrons. The van der Waals surface area contributed by atoms with Gasteiger partial charge in [0.1, 0.15) is 0 Å². The zero-order chi connectivity index (χ0) is 18.5. The van der Waals surface area contributed by atoms with Crippen LogP contribution >= 0.6 is 15.9 Å². The molecule has 1 aliphatic carbocycles. The van der Waals surface area contributed by atoms with E-state index >= 15 is 0 Å². The number of hydrogen-bond donors (Lipinski definition) is 0. The lowest BCUT2D eigenvalue weighted by molar-refractivity contribution is -0.151. The third-order valence-corrected chi connectivity index (χ3v) is 5.04. The molecule has 1 aromatic carbocycles. The molecule has 1 aliphatic heterocycles. The van der Waals surface area contributed by atoms with Gasteiger partial charge < -0.3 is 14.4 Å². The van der Waals surface area contributed by atoms with E-state index in [-0.39, 0.29) is 6.61 Å². The Balaban J connectivity index is 1.97. The molecule has 1 aromatic rings. The molecule has 0 bridgehead atoms. The van der Waals surface area contributed by atoms with Gasteiger partial charge in [0.25, 0.3) is 5.78 Å². The van der Waals surface area contributed by atoms with Gasteiger partial charge in [0.05, 0.1) is 19.8 Å². The van der Waals surface area contributed by atoms with Gasteiger partial charge in [-0.25, -0.2) is 4.79 Å². The van der Waals surface area contributed by atoms with Gasteiger partial charge in [-0.15, -0.1) is 0 Å². The maximum Gasteiger partial charge on any atom is 0.379 e. The fourth-order valence-electron chi connectivity index (χ4n) is 3.31. The second kappa shape index (κ2) is 8.64. The van der Waals surface area contributed by atoms with Crippen LogP contribution in [0, 0.1) is 0 Å². The fraction of sp³-hybridized carbons (Fsp3) is 0.400. The van der Waals surface area contributed by atoms with Crippen molar-refractivity contribution in [2.24, 2.45) is 0 Å². The maximum absolute atomic E-state index is 12.6. The van der Waals surface area contributed by atoms with Crippen LogP contribution in [0.5, 0.6) is 0 Å². The average molecular weight is 420 g/mol. The number of rotatable bonds is 5. The largest absolute Gasteiger partial charge is 0.460 e. The normalized spacial score (nSPS) is 19.2. The predicted octanol–water partition coefficient (Wildman–Crippen LogP) is 3.34. The van der Waals surface area contributed by atoms with E-state index in [0.29, 0.717) is 38.3 Å². The van der Waals surface area contributed by atoms with Gasteiger partial charge in [0.2, 0.25) is 0 Å². The van der Waals surface area contributed by atoms with E-state index in [1.807, 2.05) is 24.3 Å². The highest BCUT2D eigenvalue weighted by Gasteiger charge is 2.33. The summed E-state index contributed by atoms with van der Waals surface area (Å²) >= 11 is 3.44. The molecule has 0 N–H and O–H groups in total. The summed E-state index contributed by atoms with van der Waals surface area (Å²) in [7, 11) is 0. The lowest BCUT2D eigenvalue weighted by Crippen LogP contribution is -2.37. The third-order valence-electron chi connectivity index (χ3n) is 4.51. The monoisotopic (exact) mass is 419 g/mol. The number of ketones is 1. The first-order valence-corrected chi connectivity index (χ1v) is 9.63. The van der Waals surface area contributed by atoms with E-state index in [1.165, 1.54) is 0 Å². The van der Waals surface area contributed by atoms with Crippen molar-refractivity contribution in [2.75, 3.05) is 32.9 Å². The van der Waals surface area contributed by atoms with E-state index in [9.17, 15) is 9.59 Å². The molecule has 1 heterocycles. The zero-order valence-corrected chi connectivity index (χ0v) is 16.4. The van der Waals surface area contributed by atoms with Crippen LogP contribution in [0.4, 0.5) is 0 Å². The SMILES string of the molecule is CCOC(=O)C(=O)C1=C(N2CCOCC2)C(=Cc2ccc(Br)cc2)CC1. The van der Waals surface area contributed by atoms with Gasteiger partial charge in [-0.1, -0.05) is 28.1 Å². The number of benzene rings is 1. The first-order valence-electron chi connectivity index (χ1n) is 8.84. The van der Waals surface area contributed by atoms with Crippen molar-refractivity contribution < 1.29 is 19.1 Å². The number of Topliss-reactive ketones (excluding diaryl/α,β-unsaturated/α-hetero) is 1. The van der Waals surface area contributed by atoms with Crippen molar-refractivity contribution in [1.82, 2.24) is 4.90 Å². The van der Waals surface area contributed by atoms with Crippen LogP contribution in [0.1, 0.15) is 25.3 Å². The van der Waals surface area contributed by atoms with Crippen LogP contribution in [0.3, 0.4) is 0 Å². The minimum Gasteiger partial charge on any atom is -0.460 e. The minimum absolute atomic E-state index is 0.201. The van der Waals surface area contributed by atoms with Crippen molar-refractivity contribution in [3.05, 3.63) is 51.1 Å². The molecule has 26 heavy (non-hydrogen) atoms. The van der Waals surface area contributed by atoms with Crippen LogP contribution in [0.25, 0.3) is 6.08 Å². The van der Waals surface area contributed by atoms with Gasteiger partial charge in [-0.2, -0.15) is 0 Å². The molecule has 1 saturated heterocycles. The highest BCUT2D eigenvalue weighted by atomic mass is 79.9. The third kappa shape index (κ3) is 4.24. The molecule has 2 aliphatic rings. The van der Waals surface area contributed by atoms with E-state index in [4.69, 9.17) is 9.47 Å². The molecule has 0 saturated carbocycles. The Labute approximate surface area is 161 Å². The van der Waals surface area contributed by atoms with Crippen LogP contribution < -0.4 is 0 Å². The van der Waals surface area contributed by atoms with E-state index in [2.05, 4.69) is 26.9 Å². The van der Waals surface area contributed by atoms with Crippen molar-refractivity contribution in [3.63, 3.8) is 0 Å². The number of esters is 1. The Hall–Kier alpha value is -1.92. The van der Waals surface area contributed by atoms with E-state index in [0.717, 1.165) is 27.7 Å². The smallest absolute Gasteiger partial charge is 0.379 e. The van der Waals surface area contributed by atoms with Gasteiger partial charge in [0, 0.05) is 28.8 Å². The molecule has 0 unspecified atom stereocenters. The van der Waals surface area contributed by atoms with Crippen LogP contribution in [0.15, 0.2) is 45.6 Å². The summed E-state index contributed by atoms with van der Waals surface area (Å²) in [5.74, 6) is -1.29. The van der Waals surface area contributed by atoms with Gasteiger partial charge in [0.15, 0.2) is 0 Å². The van der Waals surface area contributed by atoms with Gasteiger partial charge >= 0.3 is 5.97 Å². The predicted molar refractivity (Wildman–Crippen MR) is 102 cm³/mol. The lowest BCUT2D eigenvalue weighted by atomic mass is 10.1. The second-order valence-corrected chi connectivity index (χ2v) is 7.11. The number of ether oxygens (including phenoxy) is 2. The van der Waals surface area contributed by atoms with E-state index in [1.54, 1.807) is 6.92 Å². The van der Waals surface area contributed by atoms with Crippen molar-refractivity contribution in [3.8, 4) is 0 Å². The molecule has 0 atom stereocenters. The summed E-state index contributed by atoms with van der Waals surface area (Å²) < 4.78 is 11.4. The summed E-state index contributed by atoms with van der Waals surface area (Å²) in [5.41, 5.74) is 3.60. The Kier molecular flexibility index (Phi) is 6.27. The number of morpholine rings is 1. The molecule has 0 amide bonds. The summed E-state index contributed by atoms with van der Waals surface area (Å²) in [5, 5.41) is 0. The topological polar surface area (TPSA) is 55.8 Å². The second-order valence-electron chi connectivity index (χ2n) is 6.20. The first-order chi connectivity index (χ1) is 12.6. The Morgan fingerprint density at radius 3 is 2.54 bits per heavy atom. The van der Waals surface area contributed by atoms with Crippen molar-refractivity contribution >= 4 is 33.8 Å². The first kappa shape index (κ1) is 18.9. The number of allylic oxidation sites excluding steroid dienone is 1. The lowest BCUT2D eigenvalue weighted by Gasteiger charge is -2.31. The highest BCUT2D eigenvalue weighted by Crippen LogP contribution is 2.36. The molecule has 1 fully saturated rings. The molecule has 3 rings (SSSR count). The number of nitrogens with zero attached hydrogens (tertiary/aromatic N) is 1. The maximum atomic E-state index is 12.6. The number of carbonyl (C=O) groups is 2. The van der Waals surface area contributed by atoms with Crippen LogP contribution in [-0.4, -0.2) is 49.6 Å². The van der Waals surface area contributed by atoms with Gasteiger partial charge in [-0.3, -0.25) is 4.79 Å². The molecule has 6 heteroatoms. The molecular weight excluding hydrogens is 398 g/mol. The molecule has 0 spiro atoms. The molecule has 5 nitrogen and oxygen atoms in total. The zero-order valence-electron chi connectivity index (χ0n) is 14.8. The number of hydrogen-bond acceptors (Lipinski definition) is 5. The number of halogens is 1. The summed E-state index contributed by atoms with van der Waals surface area (Å²) in [6.45, 7) is 4.58. The number of carbonyl (C=O) groups excluding carboxylic acids is 2. The Morgan fingerprint density at radius 1 is 1.19 bits per heavy atom. The summed E-state index contributed by atoms with van der Waals surface area (Å²) in [6.07, 6.45) is 3.40. The minimum atomic E-state index is -0.766. The van der Waals surface area contributed by atoms with Crippen molar-refractivity contribution in [2.45, 2.75) is 19.8 Å². The molecule has 0 aromatic heterocycles. The van der Waals surface area contributed by atoms with Gasteiger partial charge in [-0.05, 0) is 49.1 Å². The quantitative estimate of drug-likeness (QED) is 0.540. The van der Waals surface area contributed by atoms with Crippen molar-refractivity contribution in [1.29, 1.82) is 0 Å². The Bertz CT molecular complexity index is 746. The summed E-state index contributed by atoms with van der Waals surface area (Å²) in [6, 6.07) is 8.03. The summed E-state index contributed by atoms with van der Waals surface area (Å²) in [4.78, 5) is 26.8. The fourth-order valence-corrected chi connectivity index (χ4v) is 3.58. The standard InChI is InChI=1S/C20H22BrNO4/c1-2-26-20(24)19(23)17-8-5-15(13-14-3-6-16(21)7-4-14)18(17)22-9-11-25-12-10-22/h3-4,6-7,13H,2,5,8-12H2,1H3. The molecule has 0 radical (unpaired) electrons. The Morgan fingerprint density at radius 2 is 1.88 bits per heavy atom. The molecular formula is C20H22BrNO4. The average Bonchev–Trinajstić information content (AvgIpc) is 3.07.